The lowest BCUT2D eigenvalue weighted by atomic mass is 10.2. The molecule has 0 radical (unpaired) electrons. The number of likely N-dealkylation sites (N-methyl/N-ethyl adjacent to an activating group) is 1. The Morgan fingerprint density at radius 1 is 1.12 bits per heavy atom. The molecule has 7 heteroatoms. The molecule has 2 rings (SSSR count). The number of ether oxygens (including phenoxy) is 2. The Morgan fingerprint density at radius 3 is 2.44 bits per heavy atom. The number of nitrogens with one attached hydrogen (secondary N) is 1. The van der Waals surface area contributed by atoms with Gasteiger partial charge in [-0.3, -0.25) is 4.79 Å². The second-order valence-electron chi connectivity index (χ2n) is 5.50. The van der Waals surface area contributed by atoms with Gasteiger partial charge in [-0.1, -0.05) is 12.1 Å². The molecule has 134 valence electrons. The lowest BCUT2D eigenvalue weighted by Crippen LogP contribution is -2.19. The molecule has 0 aliphatic heterocycles. The van der Waals surface area contributed by atoms with Crippen LogP contribution in [0.25, 0.3) is 0 Å². The van der Waals surface area contributed by atoms with Crippen molar-refractivity contribution in [1.82, 2.24) is 4.90 Å². The van der Waals surface area contributed by atoms with Crippen LogP contribution in [-0.4, -0.2) is 44.7 Å². The van der Waals surface area contributed by atoms with E-state index in [0.29, 0.717) is 18.0 Å². The second kappa shape index (κ2) is 8.98. The fraction of sp³-hybridized carbons (Fsp3) is 0.278. The average Bonchev–Trinajstić information content (AvgIpc) is 2.56. The van der Waals surface area contributed by atoms with E-state index < -0.39 is 12.5 Å². The largest absolute Gasteiger partial charge is 0.492 e. The van der Waals surface area contributed by atoms with E-state index in [9.17, 15) is 13.6 Å². The second-order valence-corrected chi connectivity index (χ2v) is 5.50. The van der Waals surface area contributed by atoms with Gasteiger partial charge in [0.05, 0.1) is 5.56 Å². The van der Waals surface area contributed by atoms with Crippen LogP contribution in [0, 0.1) is 0 Å². The van der Waals surface area contributed by atoms with Crippen LogP contribution >= 0.6 is 0 Å². The molecule has 0 bridgehead atoms. The zero-order valence-electron chi connectivity index (χ0n) is 14.0. The van der Waals surface area contributed by atoms with Crippen molar-refractivity contribution in [2.75, 3.05) is 32.6 Å². The van der Waals surface area contributed by atoms with Crippen molar-refractivity contribution in [3.63, 3.8) is 0 Å². The van der Waals surface area contributed by atoms with Crippen molar-refractivity contribution in [1.29, 1.82) is 0 Å². The van der Waals surface area contributed by atoms with Gasteiger partial charge in [-0.2, -0.15) is 8.78 Å². The number of amides is 1. The van der Waals surface area contributed by atoms with Gasteiger partial charge in [0.25, 0.3) is 5.91 Å². The molecule has 1 N–H and O–H groups in total. The topological polar surface area (TPSA) is 50.8 Å². The van der Waals surface area contributed by atoms with Crippen molar-refractivity contribution in [2.45, 2.75) is 6.61 Å². The zero-order valence-corrected chi connectivity index (χ0v) is 14.0. The van der Waals surface area contributed by atoms with Gasteiger partial charge in [0.2, 0.25) is 0 Å². The van der Waals surface area contributed by atoms with Crippen LogP contribution in [-0.2, 0) is 0 Å². The number of halogens is 2. The summed E-state index contributed by atoms with van der Waals surface area (Å²) in [5.41, 5.74) is 0.561. The Kier molecular flexibility index (Phi) is 6.71. The van der Waals surface area contributed by atoms with E-state index in [1.165, 1.54) is 18.2 Å². The summed E-state index contributed by atoms with van der Waals surface area (Å²) in [6.45, 7) is -1.65. The van der Waals surface area contributed by atoms with Crippen molar-refractivity contribution in [3.05, 3.63) is 54.1 Å². The lowest BCUT2D eigenvalue weighted by Gasteiger charge is -2.12. The Morgan fingerprint density at radius 2 is 1.80 bits per heavy atom. The van der Waals surface area contributed by atoms with E-state index in [1.54, 1.807) is 30.3 Å². The maximum absolute atomic E-state index is 12.4. The quantitative estimate of drug-likeness (QED) is 0.792. The van der Waals surface area contributed by atoms with Crippen LogP contribution in [0.2, 0.25) is 0 Å². The number of carbonyl (C=O) groups is 1. The summed E-state index contributed by atoms with van der Waals surface area (Å²) in [4.78, 5) is 14.3. The minimum Gasteiger partial charge on any atom is -0.492 e. The van der Waals surface area contributed by atoms with Gasteiger partial charge in [-0.05, 0) is 50.5 Å². The highest BCUT2D eigenvalue weighted by molar-refractivity contribution is 6.06. The predicted molar refractivity (Wildman–Crippen MR) is 91.5 cm³/mol. The number of para-hydroxylation sites is 1. The lowest BCUT2D eigenvalue weighted by molar-refractivity contribution is -0.0501. The number of nitrogens with zero attached hydrogens (tertiary/aromatic N) is 1. The third-order valence-corrected chi connectivity index (χ3v) is 3.27. The first-order valence-electron chi connectivity index (χ1n) is 7.68. The van der Waals surface area contributed by atoms with Gasteiger partial charge in [0.1, 0.15) is 18.1 Å². The minimum absolute atomic E-state index is 0.0362. The molecule has 0 atom stereocenters. The number of rotatable bonds is 8. The number of carbonyl (C=O) groups excluding carboxylic acids is 1. The van der Waals surface area contributed by atoms with E-state index >= 15 is 0 Å². The zero-order chi connectivity index (χ0) is 18.2. The molecule has 0 aliphatic rings. The van der Waals surface area contributed by atoms with Crippen LogP contribution in [0.5, 0.6) is 11.5 Å². The summed E-state index contributed by atoms with van der Waals surface area (Å²) in [6, 6.07) is 12.7. The molecule has 5 nitrogen and oxygen atoms in total. The summed E-state index contributed by atoms with van der Waals surface area (Å²) in [6.07, 6.45) is 0. The molecule has 0 saturated heterocycles. The van der Waals surface area contributed by atoms with Crippen LogP contribution in [0.1, 0.15) is 10.4 Å². The Hall–Kier alpha value is -2.67. The van der Waals surface area contributed by atoms with Crippen LogP contribution in [0.4, 0.5) is 14.5 Å². The van der Waals surface area contributed by atoms with Crippen molar-refractivity contribution < 1.29 is 23.0 Å². The third-order valence-electron chi connectivity index (χ3n) is 3.27. The van der Waals surface area contributed by atoms with E-state index in [0.717, 1.165) is 6.54 Å². The van der Waals surface area contributed by atoms with Crippen molar-refractivity contribution in [2.24, 2.45) is 0 Å². The maximum atomic E-state index is 12.4. The fourth-order valence-corrected chi connectivity index (χ4v) is 2.03. The molecule has 0 fully saturated rings. The van der Waals surface area contributed by atoms with Gasteiger partial charge < -0.3 is 19.7 Å². The van der Waals surface area contributed by atoms with Crippen LogP contribution < -0.4 is 14.8 Å². The van der Waals surface area contributed by atoms with Gasteiger partial charge in [0, 0.05) is 12.2 Å². The van der Waals surface area contributed by atoms with Gasteiger partial charge in [0.15, 0.2) is 0 Å². The molecule has 0 aromatic heterocycles. The van der Waals surface area contributed by atoms with Crippen LogP contribution in [0.15, 0.2) is 48.5 Å². The molecular weight excluding hydrogens is 330 g/mol. The molecule has 2 aromatic rings. The predicted octanol–water partition coefficient (Wildman–Crippen LogP) is 3.48. The summed E-state index contributed by atoms with van der Waals surface area (Å²) < 4.78 is 34.8. The molecular formula is C18H20F2N2O3. The molecule has 0 heterocycles. The number of hydrogen-bond acceptors (Lipinski definition) is 4. The van der Waals surface area contributed by atoms with Gasteiger partial charge in [-0.25, -0.2) is 0 Å². The van der Waals surface area contributed by atoms with Crippen molar-refractivity contribution in [3.8, 4) is 11.5 Å². The molecule has 25 heavy (non-hydrogen) atoms. The summed E-state index contributed by atoms with van der Waals surface area (Å²) >= 11 is 0. The highest BCUT2D eigenvalue weighted by Crippen LogP contribution is 2.22. The SMILES string of the molecule is CN(C)CCOc1ccc(NC(=O)c2ccccc2OC(F)F)cc1. The highest BCUT2D eigenvalue weighted by atomic mass is 19.3. The Balaban J connectivity index is 1.99. The smallest absolute Gasteiger partial charge is 0.387 e. The fourth-order valence-electron chi connectivity index (χ4n) is 2.03. The Bertz CT molecular complexity index is 691. The normalized spacial score (nSPS) is 10.8. The maximum Gasteiger partial charge on any atom is 0.387 e. The standard InChI is InChI=1S/C18H20F2N2O3/c1-22(2)11-12-24-14-9-7-13(8-10-14)21-17(23)15-5-3-4-6-16(15)25-18(19)20/h3-10,18H,11-12H2,1-2H3,(H,21,23). The first-order chi connectivity index (χ1) is 12.0. The van der Waals surface area contributed by atoms with Crippen LogP contribution in [0.3, 0.4) is 0 Å². The highest BCUT2D eigenvalue weighted by Gasteiger charge is 2.15. The van der Waals surface area contributed by atoms with E-state index in [-0.39, 0.29) is 11.3 Å². The summed E-state index contributed by atoms with van der Waals surface area (Å²) in [5.74, 6) is -0.0163. The first-order valence-corrected chi connectivity index (χ1v) is 7.68. The first kappa shape index (κ1) is 18.7. The monoisotopic (exact) mass is 350 g/mol. The van der Waals surface area contributed by atoms with Gasteiger partial charge >= 0.3 is 6.61 Å². The van der Waals surface area contributed by atoms with E-state index in [4.69, 9.17) is 4.74 Å². The molecule has 0 aliphatic carbocycles. The number of alkyl halides is 2. The summed E-state index contributed by atoms with van der Waals surface area (Å²) in [5, 5.41) is 2.65. The van der Waals surface area contributed by atoms with Gasteiger partial charge in [-0.15, -0.1) is 0 Å². The summed E-state index contributed by atoms with van der Waals surface area (Å²) in [7, 11) is 3.91. The van der Waals surface area contributed by atoms with E-state index in [1.807, 2.05) is 19.0 Å². The minimum atomic E-state index is -2.99. The average molecular weight is 350 g/mol. The molecule has 2 aromatic carbocycles. The number of anilines is 1. The molecule has 1 amide bonds. The Labute approximate surface area is 145 Å². The number of benzene rings is 2. The van der Waals surface area contributed by atoms with Crippen molar-refractivity contribution >= 4 is 11.6 Å². The molecule has 0 saturated carbocycles. The number of hydrogen-bond donors (Lipinski definition) is 1. The molecule has 0 unspecified atom stereocenters. The van der Waals surface area contributed by atoms with E-state index in [2.05, 4.69) is 10.1 Å². The third kappa shape index (κ3) is 6.04. The molecule has 0 spiro atoms.